The highest BCUT2D eigenvalue weighted by atomic mass is 79.9. The van der Waals surface area contributed by atoms with Crippen molar-refractivity contribution in [2.75, 3.05) is 5.32 Å². The number of anilines is 2. The second-order valence-electron chi connectivity index (χ2n) is 3.40. The summed E-state index contributed by atoms with van der Waals surface area (Å²) in [6.45, 7) is 0. The van der Waals surface area contributed by atoms with Gasteiger partial charge in [0.2, 0.25) is 0 Å². The molecule has 0 aliphatic rings. The number of hydrogen-bond donors (Lipinski definition) is 1. The van der Waals surface area contributed by atoms with Gasteiger partial charge in [0.1, 0.15) is 11.9 Å². The Morgan fingerprint density at radius 1 is 1.44 bits per heavy atom. The Morgan fingerprint density at radius 2 is 2.22 bits per heavy atom. The molecule has 1 aromatic heterocycles. The zero-order chi connectivity index (χ0) is 13.1. The number of nitriles is 1. The van der Waals surface area contributed by atoms with E-state index in [-0.39, 0.29) is 5.02 Å². The maximum absolute atomic E-state index is 13.1. The Labute approximate surface area is 116 Å². The molecule has 0 unspecified atom stereocenters. The summed E-state index contributed by atoms with van der Waals surface area (Å²) in [5.41, 5.74) is 1.43. The lowest BCUT2D eigenvalue weighted by Crippen LogP contribution is -1.96. The van der Waals surface area contributed by atoms with Gasteiger partial charge in [0.05, 0.1) is 28.2 Å². The van der Waals surface area contributed by atoms with E-state index in [9.17, 15) is 4.39 Å². The maximum Gasteiger partial charge on any atom is 0.125 e. The lowest BCUT2D eigenvalue weighted by Gasteiger charge is -2.11. The molecular formula is C12H6BrClFN3. The molecule has 0 aliphatic carbocycles. The zero-order valence-electron chi connectivity index (χ0n) is 8.92. The van der Waals surface area contributed by atoms with Gasteiger partial charge in [-0.3, -0.25) is 4.98 Å². The van der Waals surface area contributed by atoms with Crippen molar-refractivity contribution in [2.24, 2.45) is 0 Å². The largest absolute Gasteiger partial charge is 0.351 e. The Hall–Kier alpha value is -1.64. The Morgan fingerprint density at radius 3 is 2.89 bits per heavy atom. The van der Waals surface area contributed by atoms with E-state index in [2.05, 4.69) is 26.2 Å². The van der Waals surface area contributed by atoms with Gasteiger partial charge in [-0.25, -0.2) is 4.39 Å². The van der Waals surface area contributed by atoms with Crippen LogP contribution in [-0.4, -0.2) is 4.98 Å². The molecule has 0 saturated heterocycles. The average molecular weight is 327 g/mol. The molecule has 0 radical (unpaired) electrons. The fourth-order valence-electron chi connectivity index (χ4n) is 1.39. The standard InChI is InChI=1S/C12H6BrClFN3/c13-9-3-8(15)4-10(14)12(9)18-11-6-17-2-1-7(11)5-16/h1-4,6,18H. The van der Waals surface area contributed by atoms with Crippen LogP contribution >= 0.6 is 27.5 Å². The van der Waals surface area contributed by atoms with E-state index in [1.165, 1.54) is 24.5 Å². The molecule has 0 aliphatic heterocycles. The van der Waals surface area contributed by atoms with Crippen LogP contribution in [-0.2, 0) is 0 Å². The van der Waals surface area contributed by atoms with Gasteiger partial charge in [-0.1, -0.05) is 11.6 Å². The van der Waals surface area contributed by atoms with Crippen LogP contribution in [0.5, 0.6) is 0 Å². The summed E-state index contributed by atoms with van der Waals surface area (Å²) in [5.74, 6) is -0.441. The molecule has 1 heterocycles. The highest BCUT2D eigenvalue weighted by Crippen LogP contribution is 2.34. The molecular weight excluding hydrogens is 321 g/mol. The molecule has 0 fully saturated rings. The third-order valence-corrected chi connectivity index (χ3v) is 3.13. The predicted molar refractivity (Wildman–Crippen MR) is 71.3 cm³/mol. The highest BCUT2D eigenvalue weighted by Gasteiger charge is 2.10. The van der Waals surface area contributed by atoms with Crippen molar-refractivity contribution in [2.45, 2.75) is 0 Å². The minimum absolute atomic E-state index is 0.217. The van der Waals surface area contributed by atoms with E-state index in [0.29, 0.717) is 21.4 Å². The van der Waals surface area contributed by atoms with E-state index in [4.69, 9.17) is 16.9 Å². The van der Waals surface area contributed by atoms with Crippen LogP contribution in [0.4, 0.5) is 15.8 Å². The van der Waals surface area contributed by atoms with Crippen molar-refractivity contribution in [3.63, 3.8) is 0 Å². The molecule has 0 bridgehead atoms. The zero-order valence-corrected chi connectivity index (χ0v) is 11.3. The van der Waals surface area contributed by atoms with Crippen LogP contribution < -0.4 is 5.32 Å². The molecule has 2 rings (SSSR count). The lowest BCUT2D eigenvalue weighted by molar-refractivity contribution is 0.627. The molecule has 1 aromatic carbocycles. The molecule has 0 saturated carbocycles. The topological polar surface area (TPSA) is 48.7 Å². The molecule has 0 atom stereocenters. The van der Waals surface area contributed by atoms with E-state index < -0.39 is 5.82 Å². The van der Waals surface area contributed by atoms with Gasteiger partial charge in [0.25, 0.3) is 0 Å². The minimum Gasteiger partial charge on any atom is -0.351 e. The van der Waals surface area contributed by atoms with Gasteiger partial charge in [0.15, 0.2) is 0 Å². The lowest BCUT2D eigenvalue weighted by atomic mass is 10.2. The Kier molecular flexibility index (Phi) is 3.80. The fraction of sp³-hybridized carbons (Fsp3) is 0. The van der Waals surface area contributed by atoms with Gasteiger partial charge in [-0.2, -0.15) is 5.26 Å². The molecule has 18 heavy (non-hydrogen) atoms. The van der Waals surface area contributed by atoms with E-state index in [0.717, 1.165) is 0 Å². The average Bonchev–Trinajstić information content (AvgIpc) is 2.34. The summed E-state index contributed by atoms with van der Waals surface area (Å²) in [4.78, 5) is 3.92. The van der Waals surface area contributed by atoms with Crippen molar-refractivity contribution >= 4 is 38.9 Å². The molecule has 6 heteroatoms. The Bertz CT molecular complexity index is 616. The number of hydrogen-bond acceptors (Lipinski definition) is 3. The summed E-state index contributed by atoms with van der Waals surface area (Å²) >= 11 is 9.16. The molecule has 0 spiro atoms. The van der Waals surface area contributed by atoms with Crippen LogP contribution in [0, 0.1) is 17.1 Å². The molecule has 0 amide bonds. The maximum atomic E-state index is 13.1. The van der Waals surface area contributed by atoms with Gasteiger partial charge in [-0.05, 0) is 34.1 Å². The number of benzene rings is 1. The predicted octanol–water partition coefficient (Wildman–Crippen LogP) is 4.25. The quantitative estimate of drug-likeness (QED) is 0.897. The van der Waals surface area contributed by atoms with Crippen LogP contribution in [0.15, 0.2) is 35.1 Å². The second kappa shape index (κ2) is 5.34. The highest BCUT2D eigenvalue weighted by molar-refractivity contribution is 9.10. The van der Waals surface area contributed by atoms with Crippen molar-refractivity contribution in [3.05, 3.63) is 51.5 Å². The van der Waals surface area contributed by atoms with E-state index >= 15 is 0 Å². The van der Waals surface area contributed by atoms with Crippen molar-refractivity contribution in [1.82, 2.24) is 4.98 Å². The summed E-state index contributed by atoms with van der Waals surface area (Å²) < 4.78 is 13.6. The Balaban J connectivity index is 2.44. The number of aromatic nitrogens is 1. The number of pyridine rings is 1. The fourth-order valence-corrected chi connectivity index (χ4v) is 2.29. The van der Waals surface area contributed by atoms with Crippen LogP contribution in [0.3, 0.4) is 0 Å². The first-order valence-electron chi connectivity index (χ1n) is 4.87. The molecule has 90 valence electrons. The van der Waals surface area contributed by atoms with Crippen molar-refractivity contribution in [3.8, 4) is 6.07 Å². The summed E-state index contributed by atoms with van der Waals surface area (Å²) in [5, 5.41) is 12.1. The first-order valence-corrected chi connectivity index (χ1v) is 6.04. The van der Waals surface area contributed by atoms with Gasteiger partial charge in [-0.15, -0.1) is 0 Å². The van der Waals surface area contributed by atoms with Crippen LogP contribution in [0.25, 0.3) is 0 Å². The van der Waals surface area contributed by atoms with E-state index in [1.807, 2.05) is 6.07 Å². The molecule has 1 N–H and O–H groups in total. The third-order valence-electron chi connectivity index (χ3n) is 2.21. The van der Waals surface area contributed by atoms with Crippen molar-refractivity contribution in [1.29, 1.82) is 5.26 Å². The van der Waals surface area contributed by atoms with Gasteiger partial charge in [0, 0.05) is 10.7 Å². The van der Waals surface area contributed by atoms with Gasteiger partial charge < -0.3 is 5.32 Å². The SMILES string of the molecule is N#Cc1ccncc1Nc1c(Cl)cc(F)cc1Br. The number of nitrogens with zero attached hydrogens (tertiary/aromatic N) is 2. The minimum atomic E-state index is -0.441. The first kappa shape index (κ1) is 12.8. The number of halogens is 3. The normalized spacial score (nSPS) is 9.89. The summed E-state index contributed by atoms with van der Waals surface area (Å²) in [7, 11) is 0. The monoisotopic (exact) mass is 325 g/mol. The summed E-state index contributed by atoms with van der Waals surface area (Å²) in [6.07, 6.45) is 3.02. The number of nitrogens with one attached hydrogen (secondary N) is 1. The van der Waals surface area contributed by atoms with E-state index in [1.54, 1.807) is 6.07 Å². The number of rotatable bonds is 2. The summed E-state index contributed by atoms with van der Waals surface area (Å²) in [6, 6.07) is 6.09. The van der Waals surface area contributed by atoms with Crippen LogP contribution in [0.2, 0.25) is 5.02 Å². The smallest absolute Gasteiger partial charge is 0.125 e. The molecule has 3 nitrogen and oxygen atoms in total. The first-order chi connectivity index (χ1) is 8.61. The second-order valence-corrected chi connectivity index (χ2v) is 4.66. The molecule has 2 aromatic rings. The van der Waals surface area contributed by atoms with Crippen molar-refractivity contribution < 1.29 is 4.39 Å². The third kappa shape index (κ3) is 2.61. The van der Waals surface area contributed by atoms with Gasteiger partial charge >= 0.3 is 0 Å². The van der Waals surface area contributed by atoms with Crippen LogP contribution in [0.1, 0.15) is 5.56 Å².